The smallest absolute Gasteiger partial charge is 0.224 e. The number of hydrogen-bond acceptors (Lipinski definition) is 7. The number of anilines is 2. The van der Waals surface area contributed by atoms with E-state index in [4.69, 9.17) is 27.2 Å². The van der Waals surface area contributed by atoms with Crippen LogP contribution >= 0.6 is 0 Å². The zero-order valence-electron chi connectivity index (χ0n) is 17.9. The number of methoxy groups -OCH3 is 1. The highest BCUT2D eigenvalue weighted by Crippen LogP contribution is 2.46. The highest BCUT2D eigenvalue weighted by molar-refractivity contribution is 6.08. The monoisotopic (exact) mass is 447 g/mol. The molecule has 1 aromatic carbocycles. The van der Waals surface area contributed by atoms with Crippen LogP contribution in [0.3, 0.4) is 0 Å². The van der Waals surface area contributed by atoms with E-state index in [-0.39, 0.29) is 28.8 Å². The lowest BCUT2D eigenvalue weighted by molar-refractivity contribution is 0.411. The van der Waals surface area contributed by atoms with Gasteiger partial charge in [0.15, 0.2) is 17.3 Å². The van der Waals surface area contributed by atoms with Gasteiger partial charge in [-0.3, -0.25) is 5.10 Å². The molecule has 168 valence electrons. The van der Waals surface area contributed by atoms with Gasteiger partial charge >= 0.3 is 0 Å². The molecule has 5 N–H and O–H groups in total. The summed E-state index contributed by atoms with van der Waals surface area (Å²) in [6, 6.07) is 8.24. The van der Waals surface area contributed by atoms with Gasteiger partial charge in [-0.05, 0) is 31.0 Å². The van der Waals surface area contributed by atoms with Crippen molar-refractivity contribution in [1.29, 1.82) is 0 Å². The topological polar surface area (TPSA) is 124 Å². The third-order valence-electron chi connectivity index (χ3n) is 5.94. The van der Waals surface area contributed by atoms with Crippen LogP contribution in [0.4, 0.5) is 21.8 Å². The molecule has 5 rings (SSSR count). The number of nitrogens with one attached hydrogen (secondary N) is 1. The van der Waals surface area contributed by atoms with Crippen molar-refractivity contribution in [2.75, 3.05) is 30.8 Å². The summed E-state index contributed by atoms with van der Waals surface area (Å²) in [5, 5.41) is 7.29. The minimum atomic E-state index is -0.561. The van der Waals surface area contributed by atoms with E-state index in [9.17, 15) is 4.39 Å². The molecule has 1 saturated heterocycles. The molecule has 0 amide bonds. The number of piperidine rings is 1. The molecule has 1 aliphatic heterocycles. The molecule has 4 aromatic rings. The summed E-state index contributed by atoms with van der Waals surface area (Å²) < 4.78 is 26.2. The molecule has 9 nitrogen and oxygen atoms in total. The molecule has 1 fully saturated rings. The van der Waals surface area contributed by atoms with Crippen LogP contribution in [0.2, 0.25) is 0 Å². The van der Waals surface area contributed by atoms with Crippen molar-refractivity contribution in [3.05, 3.63) is 47.6 Å². The van der Waals surface area contributed by atoms with Crippen LogP contribution in [0, 0.1) is 12.4 Å². The van der Waals surface area contributed by atoms with Crippen LogP contribution in [-0.2, 0) is 0 Å². The first kappa shape index (κ1) is 20.8. The lowest BCUT2D eigenvalue weighted by atomic mass is 10.0. The summed E-state index contributed by atoms with van der Waals surface area (Å²) in [5.41, 5.74) is 13.3. The first-order valence-electron chi connectivity index (χ1n) is 10.5. The van der Waals surface area contributed by atoms with Crippen molar-refractivity contribution in [3.63, 3.8) is 0 Å². The second kappa shape index (κ2) is 8.11. The molecule has 33 heavy (non-hydrogen) atoms. The Morgan fingerprint density at radius 2 is 2.06 bits per heavy atom. The van der Waals surface area contributed by atoms with Gasteiger partial charge in [0.2, 0.25) is 5.69 Å². The van der Waals surface area contributed by atoms with Crippen molar-refractivity contribution < 1.29 is 13.5 Å². The fourth-order valence-electron chi connectivity index (χ4n) is 4.18. The quantitative estimate of drug-likeness (QED) is 0.403. The average molecular weight is 447 g/mol. The average Bonchev–Trinajstić information content (AvgIpc) is 3.45. The van der Waals surface area contributed by atoms with E-state index in [1.54, 1.807) is 12.1 Å². The fraction of sp³-hybridized carbons (Fsp3) is 0.261. The normalized spacial score (nSPS) is 14.5. The van der Waals surface area contributed by atoms with Crippen molar-refractivity contribution in [2.24, 2.45) is 5.73 Å². The van der Waals surface area contributed by atoms with Crippen molar-refractivity contribution >= 4 is 28.4 Å². The highest BCUT2D eigenvalue weighted by Gasteiger charge is 2.26. The SMILES string of the molecule is [C-]#[N+]c1c(-c2ccc(OC)cc2F)nc2[nH]nc(N)c2c1-c1ccc(N2CCC(N)CC2)o1. The van der Waals surface area contributed by atoms with Crippen molar-refractivity contribution in [2.45, 2.75) is 18.9 Å². The van der Waals surface area contributed by atoms with E-state index in [0.717, 1.165) is 25.9 Å². The van der Waals surface area contributed by atoms with Gasteiger partial charge in [0.25, 0.3) is 0 Å². The number of H-pyrrole nitrogens is 1. The zero-order valence-corrected chi connectivity index (χ0v) is 17.9. The van der Waals surface area contributed by atoms with Crippen LogP contribution in [0.15, 0.2) is 34.7 Å². The van der Waals surface area contributed by atoms with Crippen LogP contribution in [0.1, 0.15) is 12.8 Å². The van der Waals surface area contributed by atoms with Gasteiger partial charge in [0.05, 0.1) is 24.8 Å². The summed E-state index contributed by atoms with van der Waals surface area (Å²) in [6.45, 7) is 9.46. The van der Waals surface area contributed by atoms with E-state index < -0.39 is 5.82 Å². The molecule has 0 aliphatic carbocycles. The predicted molar refractivity (Wildman–Crippen MR) is 124 cm³/mol. The molecule has 0 spiro atoms. The summed E-state index contributed by atoms with van der Waals surface area (Å²) >= 11 is 0. The van der Waals surface area contributed by atoms with Gasteiger partial charge in [0.1, 0.15) is 17.3 Å². The number of aromatic nitrogens is 3. The molecular formula is C23H22FN7O2. The Morgan fingerprint density at radius 1 is 1.27 bits per heavy atom. The van der Waals surface area contributed by atoms with Crippen LogP contribution in [0.25, 0.3) is 38.5 Å². The number of nitrogen functional groups attached to an aromatic ring is 1. The van der Waals surface area contributed by atoms with Crippen molar-refractivity contribution in [3.8, 4) is 28.3 Å². The number of nitrogens with two attached hydrogens (primary N) is 2. The van der Waals surface area contributed by atoms with Gasteiger partial charge in [-0.1, -0.05) is 0 Å². The number of hydrogen-bond donors (Lipinski definition) is 3. The van der Waals surface area contributed by atoms with Gasteiger partial charge in [-0.25, -0.2) is 14.2 Å². The van der Waals surface area contributed by atoms with Crippen LogP contribution < -0.4 is 21.1 Å². The van der Waals surface area contributed by atoms with Crippen LogP contribution in [0.5, 0.6) is 5.75 Å². The van der Waals surface area contributed by atoms with Crippen molar-refractivity contribution in [1.82, 2.24) is 15.2 Å². The third kappa shape index (κ3) is 3.52. The maximum absolute atomic E-state index is 14.9. The maximum atomic E-state index is 14.9. The predicted octanol–water partition coefficient (Wildman–Crippen LogP) is 4.09. The Hall–Kier alpha value is -4.10. The summed E-state index contributed by atoms with van der Waals surface area (Å²) in [5.74, 6) is 1.10. The Morgan fingerprint density at radius 3 is 2.76 bits per heavy atom. The fourth-order valence-corrected chi connectivity index (χ4v) is 4.18. The summed E-state index contributed by atoms with van der Waals surface area (Å²) in [4.78, 5) is 10.3. The van der Waals surface area contributed by atoms with E-state index in [1.807, 2.05) is 6.07 Å². The number of nitrogens with zero attached hydrogens (tertiary/aromatic N) is 4. The lowest BCUT2D eigenvalue weighted by Gasteiger charge is -2.29. The Bertz CT molecular complexity index is 1380. The molecular weight excluding hydrogens is 425 g/mol. The highest BCUT2D eigenvalue weighted by atomic mass is 19.1. The van der Waals surface area contributed by atoms with Gasteiger partial charge < -0.3 is 25.5 Å². The molecule has 3 aromatic heterocycles. The Kier molecular flexibility index (Phi) is 5.11. The molecule has 0 radical (unpaired) electrons. The standard InChI is InChI=1S/C23H22FN7O2/c1-27-21-18(16-5-6-17(33-16)31-9-7-12(25)8-10-31)19-22(26)29-30-23(19)28-20(21)14-4-3-13(32-2)11-15(14)24/h3-6,11-12H,7-10,25H2,2H3,(H3,26,28,29,30). The Labute approximate surface area is 189 Å². The molecule has 4 heterocycles. The molecule has 0 atom stereocenters. The van der Waals surface area contributed by atoms with E-state index in [2.05, 4.69) is 24.9 Å². The number of ether oxygens (including phenoxy) is 1. The minimum absolute atomic E-state index is 0.126. The van der Waals surface area contributed by atoms with Crippen LogP contribution in [-0.4, -0.2) is 41.4 Å². The van der Waals surface area contributed by atoms with E-state index >= 15 is 0 Å². The molecule has 10 heteroatoms. The third-order valence-corrected chi connectivity index (χ3v) is 5.94. The first-order valence-corrected chi connectivity index (χ1v) is 10.5. The molecule has 0 bridgehead atoms. The zero-order chi connectivity index (χ0) is 23.1. The number of halogens is 1. The van der Waals surface area contributed by atoms with E-state index in [1.165, 1.54) is 19.2 Å². The number of aromatic amines is 1. The lowest BCUT2D eigenvalue weighted by Crippen LogP contribution is -2.39. The van der Waals surface area contributed by atoms with Gasteiger partial charge in [0, 0.05) is 42.4 Å². The number of furan rings is 1. The van der Waals surface area contributed by atoms with Gasteiger partial charge in [-0.2, -0.15) is 5.10 Å². The number of pyridine rings is 1. The minimum Gasteiger partial charge on any atom is -0.497 e. The maximum Gasteiger partial charge on any atom is 0.224 e. The molecule has 0 unspecified atom stereocenters. The summed E-state index contributed by atoms with van der Waals surface area (Å²) in [7, 11) is 1.46. The molecule has 0 saturated carbocycles. The second-order valence-corrected chi connectivity index (χ2v) is 7.94. The second-order valence-electron chi connectivity index (χ2n) is 7.94. The largest absolute Gasteiger partial charge is 0.497 e. The number of rotatable bonds is 4. The summed E-state index contributed by atoms with van der Waals surface area (Å²) in [6.07, 6.45) is 1.75. The Balaban J connectivity index is 1.69. The first-order chi connectivity index (χ1) is 16.0. The number of fused-ring (bicyclic) bond motifs is 1. The molecule has 1 aliphatic rings. The van der Waals surface area contributed by atoms with E-state index in [0.29, 0.717) is 34.0 Å². The number of benzene rings is 1. The van der Waals surface area contributed by atoms with Gasteiger partial charge in [-0.15, -0.1) is 0 Å².